The van der Waals surface area contributed by atoms with Gasteiger partial charge in [-0.25, -0.2) is 0 Å². The van der Waals surface area contributed by atoms with E-state index in [1.165, 1.54) is 5.56 Å². The Hall–Kier alpha value is -1.34. The number of allylic oxidation sites excluding steroid dienone is 2. The molecule has 0 aliphatic heterocycles. The summed E-state index contributed by atoms with van der Waals surface area (Å²) < 4.78 is 0. The van der Waals surface area contributed by atoms with E-state index in [0.29, 0.717) is 11.8 Å². The normalized spacial score (nSPS) is 15.1. The molecule has 1 heteroatoms. The van der Waals surface area contributed by atoms with E-state index in [9.17, 15) is 0 Å². The van der Waals surface area contributed by atoms with E-state index in [4.69, 9.17) is 5.11 Å². The van der Waals surface area contributed by atoms with Gasteiger partial charge in [0.15, 0.2) is 0 Å². The molecule has 0 amide bonds. The van der Waals surface area contributed by atoms with Crippen molar-refractivity contribution in [3.63, 3.8) is 0 Å². The van der Waals surface area contributed by atoms with Crippen molar-refractivity contribution in [3.8, 4) is 0 Å². The number of aliphatic hydroxyl groups is 1. The van der Waals surface area contributed by atoms with Crippen LogP contribution in [0, 0.1) is 5.92 Å². The van der Waals surface area contributed by atoms with Crippen LogP contribution in [0.4, 0.5) is 0 Å². The van der Waals surface area contributed by atoms with E-state index in [0.717, 1.165) is 0 Å². The van der Waals surface area contributed by atoms with E-state index >= 15 is 0 Å². The molecule has 1 rings (SSSR count). The van der Waals surface area contributed by atoms with Crippen LogP contribution in [0.5, 0.6) is 0 Å². The average Bonchev–Trinajstić information content (AvgIpc) is 2.29. The summed E-state index contributed by atoms with van der Waals surface area (Å²) >= 11 is 0. The SMILES string of the molecule is C=CC(c1ccccc1)C(C)/C=C/CO. The van der Waals surface area contributed by atoms with E-state index in [2.05, 4.69) is 25.6 Å². The van der Waals surface area contributed by atoms with Gasteiger partial charge in [0.05, 0.1) is 6.61 Å². The number of rotatable bonds is 5. The first-order valence-corrected chi connectivity index (χ1v) is 5.24. The van der Waals surface area contributed by atoms with Crippen LogP contribution in [0.1, 0.15) is 18.4 Å². The van der Waals surface area contributed by atoms with Crippen molar-refractivity contribution in [2.75, 3.05) is 6.61 Å². The highest BCUT2D eigenvalue weighted by atomic mass is 16.2. The Kier molecular flexibility index (Phi) is 4.85. The Morgan fingerprint density at radius 1 is 1.33 bits per heavy atom. The van der Waals surface area contributed by atoms with Gasteiger partial charge < -0.3 is 5.11 Å². The monoisotopic (exact) mass is 202 g/mol. The minimum Gasteiger partial charge on any atom is -0.392 e. The molecule has 0 heterocycles. The van der Waals surface area contributed by atoms with Crippen LogP contribution in [0.3, 0.4) is 0 Å². The predicted molar refractivity (Wildman–Crippen MR) is 64.8 cm³/mol. The van der Waals surface area contributed by atoms with Crippen LogP contribution in [0.15, 0.2) is 55.1 Å². The second-order valence-corrected chi connectivity index (χ2v) is 3.64. The second-order valence-electron chi connectivity index (χ2n) is 3.64. The fourth-order valence-electron chi connectivity index (χ4n) is 1.72. The fourth-order valence-corrected chi connectivity index (χ4v) is 1.72. The van der Waals surface area contributed by atoms with Gasteiger partial charge in [0.1, 0.15) is 0 Å². The highest BCUT2D eigenvalue weighted by Gasteiger charge is 2.12. The molecule has 80 valence electrons. The average molecular weight is 202 g/mol. The van der Waals surface area contributed by atoms with Crippen molar-refractivity contribution in [1.82, 2.24) is 0 Å². The summed E-state index contributed by atoms with van der Waals surface area (Å²) in [5.74, 6) is 0.672. The Labute approximate surface area is 91.8 Å². The molecule has 2 atom stereocenters. The Morgan fingerprint density at radius 2 is 2.00 bits per heavy atom. The van der Waals surface area contributed by atoms with Crippen molar-refractivity contribution in [2.45, 2.75) is 12.8 Å². The first-order chi connectivity index (χ1) is 7.29. The zero-order valence-electron chi connectivity index (χ0n) is 9.13. The molecule has 1 N–H and O–H groups in total. The molecule has 1 aromatic rings. The first-order valence-electron chi connectivity index (χ1n) is 5.24. The maximum atomic E-state index is 8.73. The Bertz CT molecular complexity index is 313. The lowest BCUT2D eigenvalue weighted by atomic mass is 9.87. The van der Waals surface area contributed by atoms with Crippen LogP contribution in [-0.4, -0.2) is 11.7 Å². The molecule has 0 aliphatic rings. The predicted octanol–water partition coefficient (Wildman–Crippen LogP) is 3.14. The van der Waals surface area contributed by atoms with E-state index in [1.807, 2.05) is 30.4 Å². The van der Waals surface area contributed by atoms with Crippen LogP contribution in [-0.2, 0) is 0 Å². The minimum atomic E-state index is 0.100. The zero-order chi connectivity index (χ0) is 11.1. The standard InChI is InChI=1S/C14H18O/c1-3-14(12(2)8-7-11-15)13-9-5-4-6-10-13/h3-10,12,14-15H,1,11H2,2H3/b8-7+. The maximum absolute atomic E-state index is 8.73. The quantitative estimate of drug-likeness (QED) is 0.727. The molecule has 0 fully saturated rings. The smallest absolute Gasteiger partial charge is 0.0612 e. The number of hydrogen-bond donors (Lipinski definition) is 1. The summed E-state index contributed by atoms with van der Waals surface area (Å²) in [5, 5.41) is 8.73. The number of benzene rings is 1. The van der Waals surface area contributed by atoms with Gasteiger partial charge in [0.25, 0.3) is 0 Å². The van der Waals surface area contributed by atoms with Gasteiger partial charge in [-0.15, -0.1) is 6.58 Å². The van der Waals surface area contributed by atoms with E-state index < -0.39 is 0 Å². The van der Waals surface area contributed by atoms with Crippen molar-refractivity contribution >= 4 is 0 Å². The number of aliphatic hydroxyl groups excluding tert-OH is 1. The summed E-state index contributed by atoms with van der Waals surface area (Å²) in [6.45, 7) is 6.10. The third kappa shape index (κ3) is 3.37. The highest BCUT2D eigenvalue weighted by Crippen LogP contribution is 2.26. The van der Waals surface area contributed by atoms with Crippen LogP contribution in [0.25, 0.3) is 0 Å². The summed E-state index contributed by atoms with van der Waals surface area (Å²) in [6.07, 6.45) is 5.77. The Balaban J connectivity index is 2.80. The first kappa shape index (κ1) is 11.7. The maximum Gasteiger partial charge on any atom is 0.0612 e. The van der Waals surface area contributed by atoms with Crippen molar-refractivity contribution in [2.24, 2.45) is 5.92 Å². The molecule has 15 heavy (non-hydrogen) atoms. The topological polar surface area (TPSA) is 20.2 Å². The lowest BCUT2D eigenvalue weighted by molar-refractivity contribution is 0.341. The van der Waals surface area contributed by atoms with Gasteiger partial charge in [0.2, 0.25) is 0 Å². The molecular formula is C14H18O. The molecule has 0 aromatic heterocycles. The Morgan fingerprint density at radius 3 is 2.53 bits per heavy atom. The molecule has 0 aliphatic carbocycles. The molecular weight excluding hydrogens is 184 g/mol. The van der Waals surface area contributed by atoms with Crippen LogP contribution < -0.4 is 0 Å². The molecule has 0 saturated heterocycles. The third-order valence-electron chi connectivity index (χ3n) is 2.55. The van der Waals surface area contributed by atoms with Crippen molar-refractivity contribution in [1.29, 1.82) is 0 Å². The largest absolute Gasteiger partial charge is 0.392 e. The molecule has 2 unspecified atom stereocenters. The zero-order valence-corrected chi connectivity index (χ0v) is 9.13. The number of hydrogen-bond acceptors (Lipinski definition) is 1. The van der Waals surface area contributed by atoms with E-state index in [-0.39, 0.29) is 6.61 Å². The highest BCUT2D eigenvalue weighted by molar-refractivity contribution is 5.25. The van der Waals surface area contributed by atoms with Crippen molar-refractivity contribution in [3.05, 3.63) is 60.7 Å². The third-order valence-corrected chi connectivity index (χ3v) is 2.55. The van der Waals surface area contributed by atoms with Gasteiger partial charge in [-0.2, -0.15) is 0 Å². The molecule has 0 spiro atoms. The van der Waals surface area contributed by atoms with Gasteiger partial charge >= 0.3 is 0 Å². The van der Waals surface area contributed by atoms with Gasteiger partial charge in [-0.3, -0.25) is 0 Å². The lowest BCUT2D eigenvalue weighted by Gasteiger charge is -2.17. The van der Waals surface area contributed by atoms with E-state index in [1.54, 1.807) is 6.08 Å². The molecule has 0 bridgehead atoms. The van der Waals surface area contributed by atoms with Crippen molar-refractivity contribution < 1.29 is 5.11 Å². The van der Waals surface area contributed by atoms with Crippen LogP contribution in [0.2, 0.25) is 0 Å². The minimum absolute atomic E-state index is 0.100. The molecule has 0 radical (unpaired) electrons. The summed E-state index contributed by atoms with van der Waals surface area (Å²) in [7, 11) is 0. The van der Waals surface area contributed by atoms with Gasteiger partial charge in [-0.1, -0.05) is 55.5 Å². The summed E-state index contributed by atoms with van der Waals surface area (Å²) in [4.78, 5) is 0. The van der Waals surface area contributed by atoms with Gasteiger partial charge in [-0.05, 0) is 11.5 Å². The summed E-state index contributed by atoms with van der Waals surface area (Å²) in [6, 6.07) is 10.3. The summed E-state index contributed by atoms with van der Waals surface area (Å²) in [5.41, 5.74) is 1.27. The molecule has 1 nitrogen and oxygen atoms in total. The molecule has 0 saturated carbocycles. The lowest BCUT2D eigenvalue weighted by Crippen LogP contribution is -2.04. The molecule has 1 aromatic carbocycles. The van der Waals surface area contributed by atoms with Gasteiger partial charge in [0, 0.05) is 5.92 Å². The second kappa shape index (κ2) is 6.20. The van der Waals surface area contributed by atoms with Crippen LogP contribution >= 0.6 is 0 Å². The fraction of sp³-hybridized carbons (Fsp3) is 0.286.